The van der Waals surface area contributed by atoms with Crippen LogP contribution >= 0.6 is 0 Å². The summed E-state index contributed by atoms with van der Waals surface area (Å²) in [6.07, 6.45) is 4.29. The van der Waals surface area contributed by atoms with Crippen molar-refractivity contribution in [3.63, 3.8) is 0 Å². The number of ether oxygens (including phenoxy) is 1. The Hall–Kier alpha value is -0.860. The molecule has 0 amide bonds. The minimum atomic E-state index is -0.0885. The zero-order chi connectivity index (χ0) is 11.4. The molecule has 0 spiro atoms. The summed E-state index contributed by atoms with van der Waals surface area (Å²) in [6, 6.07) is 10.7. The molecule has 0 radical (unpaired) electrons. The first kappa shape index (κ1) is 11.6. The van der Waals surface area contributed by atoms with Crippen molar-refractivity contribution in [2.24, 2.45) is 5.73 Å². The molecule has 2 rings (SSSR count). The van der Waals surface area contributed by atoms with E-state index in [1.165, 1.54) is 5.56 Å². The fourth-order valence-electron chi connectivity index (χ4n) is 2.37. The predicted molar refractivity (Wildman–Crippen MR) is 66.3 cm³/mol. The van der Waals surface area contributed by atoms with E-state index in [4.69, 9.17) is 10.5 Å². The summed E-state index contributed by atoms with van der Waals surface area (Å²) in [6.45, 7) is 3.02. The highest BCUT2D eigenvalue weighted by atomic mass is 16.5. The molecule has 1 aromatic carbocycles. The predicted octanol–water partition coefficient (Wildman–Crippen LogP) is 2.52. The van der Waals surface area contributed by atoms with Crippen molar-refractivity contribution >= 4 is 0 Å². The third-order valence-corrected chi connectivity index (χ3v) is 3.62. The summed E-state index contributed by atoms with van der Waals surface area (Å²) in [4.78, 5) is 0. The van der Waals surface area contributed by atoms with Crippen LogP contribution in [-0.4, -0.2) is 18.2 Å². The van der Waals surface area contributed by atoms with E-state index in [0.717, 1.165) is 32.3 Å². The van der Waals surface area contributed by atoms with Gasteiger partial charge in [-0.3, -0.25) is 0 Å². The molecule has 1 heterocycles. The van der Waals surface area contributed by atoms with E-state index in [-0.39, 0.29) is 11.6 Å². The Morgan fingerprint density at radius 1 is 1.38 bits per heavy atom. The molecule has 2 N–H and O–H groups in total. The molecule has 0 bridgehead atoms. The summed E-state index contributed by atoms with van der Waals surface area (Å²) < 4.78 is 5.77. The van der Waals surface area contributed by atoms with E-state index < -0.39 is 0 Å². The van der Waals surface area contributed by atoms with Gasteiger partial charge in [-0.1, -0.05) is 30.3 Å². The van der Waals surface area contributed by atoms with Gasteiger partial charge in [0.2, 0.25) is 0 Å². The molecule has 0 aromatic heterocycles. The topological polar surface area (TPSA) is 35.2 Å². The van der Waals surface area contributed by atoms with Crippen molar-refractivity contribution in [2.75, 3.05) is 6.61 Å². The van der Waals surface area contributed by atoms with Crippen LogP contribution in [0.3, 0.4) is 0 Å². The van der Waals surface area contributed by atoms with Crippen LogP contribution in [0.15, 0.2) is 30.3 Å². The Kier molecular flexibility index (Phi) is 3.62. The van der Waals surface area contributed by atoms with Crippen LogP contribution in [0, 0.1) is 0 Å². The molecule has 1 aliphatic heterocycles. The van der Waals surface area contributed by atoms with Crippen molar-refractivity contribution in [3.8, 4) is 0 Å². The number of benzene rings is 1. The van der Waals surface area contributed by atoms with Gasteiger partial charge >= 0.3 is 0 Å². The molecule has 1 fully saturated rings. The lowest BCUT2D eigenvalue weighted by atomic mass is 9.89. The van der Waals surface area contributed by atoms with Crippen molar-refractivity contribution < 1.29 is 4.74 Å². The quantitative estimate of drug-likeness (QED) is 0.844. The van der Waals surface area contributed by atoms with Crippen LogP contribution in [-0.2, 0) is 11.2 Å². The Labute approximate surface area is 97.8 Å². The lowest BCUT2D eigenvalue weighted by Crippen LogP contribution is -2.45. The molecule has 2 atom stereocenters. The molecule has 16 heavy (non-hydrogen) atoms. The number of hydrogen-bond acceptors (Lipinski definition) is 2. The van der Waals surface area contributed by atoms with Crippen LogP contribution in [0.2, 0.25) is 0 Å². The van der Waals surface area contributed by atoms with E-state index in [9.17, 15) is 0 Å². The van der Waals surface area contributed by atoms with Crippen molar-refractivity contribution in [3.05, 3.63) is 35.9 Å². The van der Waals surface area contributed by atoms with Crippen LogP contribution in [0.25, 0.3) is 0 Å². The molecular formula is C14H21NO. The maximum Gasteiger partial charge on any atom is 0.0805 e. The zero-order valence-electron chi connectivity index (χ0n) is 9.99. The van der Waals surface area contributed by atoms with E-state index in [2.05, 4.69) is 31.2 Å². The summed E-state index contributed by atoms with van der Waals surface area (Å²) in [5, 5.41) is 0. The SMILES string of the molecule is CC1(C(N)CCc2ccccc2)CCCO1. The largest absolute Gasteiger partial charge is 0.374 e. The standard InChI is InChI=1S/C14H21NO/c1-14(10-5-11-16-14)13(15)9-8-12-6-3-2-4-7-12/h2-4,6-7,13H,5,8-11,15H2,1H3. The monoisotopic (exact) mass is 219 g/mol. The van der Waals surface area contributed by atoms with Gasteiger partial charge in [-0.05, 0) is 38.2 Å². The second-order valence-electron chi connectivity index (χ2n) is 4.90. The molecule has 1 aromatic rings. The molecule has 1 saturated heterocycles. The minimum Gasteiger partial charge on any atom is -0.374 e. The highest BCUT2D eigenvalue weighted by Gasteiger charge is 2.35. The van der Waals surface area contributed by atoms with E-state index in [1.807, 2.05) is 6.07 Å². The maximum atomic E-state index is 6.24. The highest BCUT2D eigenvalue weighted by Crippen LogP contribution is 2.29. The average Bonchev–Trinajstić information content (AvgIpc) is 2.76. The third kappa shape index (κ3) is 2.63. The minimum absolute atomic E-state index is 0.0885. The Morgan fingerprint density at radius 3 is 2.75 bits per heavy atom. The van der Waals surface area contributed by atoms with Crippen molar-refractivity contribution in [1.29, 1.82) is 0 Å². The summed E-state index contributed by atoms with van der Waals surface area (Å²) in [5.74, 6) is 0. The van der Waals surface area contributed by atoms with Gasteiger partial charge in [0.05, 0.1) is 5.60 Å². The van der Waals surface area contributed by atoms with Gasteiger partial charge in [-0.2, -0.15) is 0 Å². The lowest BCUT2D eigenvalue weighted by molar-refractivity contribution is -0.00296. The van der Waals surface area contributed by atoms with E-state index in [0.29, 0.717) is 0 Å². The van der Waals surface area contributed by atoms with Crippen LogP contribution < -0.4 is 5.73 Å². The molecule has 2 unspecified atom stereocenters. The summed E-state index contributed by atoms with van der Waals surface area (Å²) in [5.41, 5.74) is 7.51. The fourth-order valence-corrected chi connectivity index (χ4v) is 2.37. The van der Waals surface area contributed by atoms with Gasteiger partial charge in [0.25, 0.3) is 0 Å². The van der Waals surface area contributed by atoms with Gasteiger partial charge in [-0.15, -0.1) is 0 Å². The highest BCUT2D eigenvalue weighted by molar-refractivity contribution is 5.15. The Bertz CT molecular complexity index is 317. The van der Waals surface area contributed by atoms with E-state index >= 15 is 0 Å². The Morgan fingerprint density at radius 2 is 2.12 bits per heavy atom. The third-order valence-electron chi connectivity index (χ3n) is 3.62. The first-order valence-electron chi connectivity index (χ1n) is 6.14. The summed E-state index contributed by atoms with van der Waals surface area (Å²) >= 11 is 0. The number of rotatable bonds is 4. The fraction of sp³-hybridized carbons (Fsp3) is 0.571. The molecule has 88 valence electrons. The van der Waals surface area contributed by atoms with Crippen molar-refractivity contribution in [2.45, 2.75) is 44.2 Å². The van der Waals surface area contributed by atoms with Gasteiger partial charge in [0.1, 0.15) is 0 Å². The van der Waals surface area contributed by atoms with Gasteiger partial charge < -0.3 is 10.5 Å². The molecular weight excluding hydrogens is 198 g/mol. The number of aryl methyl sites for hydroxylation is 1. The number of nitrogens with two attached hydrogens (primary N) is 1. The second kappa shape index (κ2) is 4.98. The molecule has 2 heteroatoms. The van der Waals surface area contributed by atoms with Gasteiger partial charge in [-0.25, -0.2) is 0 Å². The van der Waals surface area contributed by atoms with Crippen LogP contribution in [0.5, 0.6) is 0 Å². The van der Waals surface area contributed by atoms with Gasteiger partial charge in [0.15, 0.2) is 0 Å². The van der Waals surface area contributed by atoms with E-state index in [1.54, 1.807) is 0 Å². The second-order valence-corrected chi connectivity index (χ2v) is 4.90. The summed E-state index contributed by atoms with van der Waals surface area (Å²) in [7, 11) is 0. The number of hydrogen-bond donors (Lipinski definition) is 1. The van der Waals surface area contributed by atoms with Crippen molar-refractivity contribution in [1.82, 2.24) is 0 Å². The molecule has 2 nitrogen and oxygen atoms in total. The first-order chi connectivity index (χ1) is 7.71. The maximum absolute atomic E-state index is 6.24. The lowest BCUT2D eigenvalue weighted by Gasteiger charge is -2.30. The normalized spacial score (nSPS) is 26.9. The molecule has 0 saturated carbocycles. The average molecular weight is 219 g/mol. The van der Waals surface area contributed by atoms with Gasteiger partial charge in [0, 0.05) is 12.6 Å². The Balaban J connectivity index is 1.86. The molecule has 0 aliphatic carbocycles. The smallest absolute Gasteiger partial charge is 0.0805 e. The molecule has 1 aliphatic rings. The van der Waals surface area contributed by atoms with Crippen LogP contribution in [0.1, 0.15) is 31.7 Å². The van der Waals surface area contributed by atoms with Crippen LogP contribution in [0.4, 0.5) is 0 Å². The first-order valence-corrected chi connectivity index (χ1v) is 6.14. The zero-order valence-corrected chi connectivity index (χ0v) is 9.99.